The lowest BCUT2D eigenvalue weighted by molar-refractivity contribution is 0.0995. The van der Waals surface area contributed by atoms with Crippen LogP contribution in [0.5, 0.6) is 5.75 Å². The van der Waals surface area contributed by atoms with Gasteiger partial charge in [0.1, 0.15) is 5.75 Å². The van der Waals surface area contributed by atoms with Crippen molar-refractivity contribution < 1.29 is 9.53 Å². The summed E-state index contributed by atoms with van der Waals surface area (Å²) in [7, 11) is 1.57. The van der Waals surface area contributed by atoms with E-state index in [4.69, 9.17) is 4.74 Å². The van der Waals surface area contributed by atoms with Crippen LogP contribution in [0.2, 0.25) is 0 Å². The van der Waals surface area contributed by atoms with E-state index in [1.54, 1.807) is 7.11 Å². The fraction of sp³-hybridized carbons (Fsp3) is 0.0769. The van der Waals surface area contributed by atoms with Gasteiger partial charge in [0, 0.05) is 11.9 Å². The van der Waals surface area contributed by atoms with Crippen molar-refractivity contribution in [2.45, 2.75) is 6.54 Å². The highest BCUT2D eigenvalue weighted by atomic mass is 32.1. The molecule has 0 atom stereocenters. The maximum atomic E-state index is 13.3. The van der Waals surface area contributed by atoms with Crippen molar-refractivity contribution in [3.63, 3.8) is 0 Å². The van der Waals surface area contributed by atoms with Crippen LogP contribution >= 0.6 is 11.3 Å². The number of carbonyl (C=O) groups is 1. The Kier molecular flexibility index (Phi) is 4.88. The molecular formula is C26H20N2O2S. The average molecular weight is 425 g/mol. The summed E-state index contributed by atoms with van der Waals surface area (Å²) in [5.41, 5.74) is 1.49. The first-order valence-corrected chi connectivity index (χ1v) is 10.8. The van der Waals surface area contributed by atoms with Crippen molar-refractivity contribution >= 4 is 49.0 Å². The van der Waals surface area contributed by atoms with Crippen LogP contribution in [0.25, 0.3) is 31.8 Å². The molecule has 5 heteroatoms. The second kappa shape index (κ2) is 7.85. The number of benzene rings is 4. The first kappa shape index (κ1) is 19.3. The lowest BCUT2D eigenvalue weighted by Gasteiger charge is -2.08. The Morgan fingerprint density at radius 3 is 2.48 bits per heavy atom. The summed E-state index contributed by atoms with van der Waals surface area (Å²) in [4.78, 5) is 18.4. The molecule has 0 bridgehead atoms. The molecule has 5 aromatic rings. The molecule has 0 aliphatic carbocycles. The fourth-order valence-corrected chi connectivity index (χ4v) is 5.06. The van der Waals surface area contributed by atoms with Gasteiger partial charge in [0.15, 0.2) is 4.80 Å². The van der Waals surface area contributed by atoms with E-state index < -0.39 is 0 Å². The Morgan fingerprint density at radius 2 is 1.74 bits per heavy atom. The predicted molar refractivity (Wildman–Crippen MR) is 128 cm³/mol. The summed E-state index contributed by atoms with van der Waals surface area (Å²) in [6.07, 6.45) is 1.82. The number of allylic oxidation sites excluding steroid dienone is 1. The van der Waals surface area contributed by atoms with Crippen LogP contribution < -0.4 is 9.54 Å². The second-order valence-electron chi connectivity index (χ2n) is 7.24. The number of aromatic nitrogens is 1. The Labute approximate surface area is 183 Å². The molecule has 0 aliphatic heterocycles. The molecule has 0 N–H and O–H groups in total. The second-order valence-corrected chi connectivity index (χ2v) is 8.21. The zero-order valence-electron chi connectivity index (χ0n) is 17.0. The van der Waals surface area contributed by atoms with Gasteiger partial charge in [-0.15, -0.1) is 6.58 Å². The Hall–Kier alpha value is -3.70. The van der Waals surface area contributed by atoms with E-state index in [9.17, 15) is 4.79 Å². The van der Waals surface area contributed by atoms with Gasteiger partial charge in [-0.2, -0.15) is 4.99 Å². The zero-order chi connectivity index (χ0) is 21.4. The number of thiazole rings is 1. The van der Waals surface area contributed by atoms with Gasteiger partial charge in [-0.25, -0.2) is 0 Å². The van der Waals surface area contributed by atoms with E-state index in [0.717, 1.165) is 31.8 Å². The highest BCUT2D eigenvalue weighted by Gasteiger charge is 2.15. The number of fused-ring (bicyclic) bond motifs is 4. The van der Waals surface area contributed by atoms with Crippen LogP contribution in [-0.2, 0) is 6.54 Å². The largest absolute Gasteiger partial charge is 0.496 e. The molecule has 31 heavy (non-hydrogen) atoms. The predicted octanol–water partition coefficient (Wildman–Crippen LogP) is 5.94. The van der Waals surface area contributed by atoms with E-state index in [2.05, 4.69) is 35.8 Å². The number of nitrogens with zero attached hydrogens (tertiary/aromatic N) is 2. The van der Waals surface area contributed by atoms with Gasteiger partial charge >= 0.3 is 0 Å². The van der Waals surface area contributed by atoms with E-state index in [1.165, 1.54) is 11.3 Å². The van der Waals surface area contributed by atoms with Crippen LogP contribution in [0.3, 0.4) is 0 Å². The first-order chi connectivity index (χ1) is 15.2. The monoisotopic (exact) mass is 424 g/mol. The molecule has 4 nitrogen and oxygen atoms in total. The number of ether oxygens (including phenoxy) is 1. The Balaban J connectivity index is 1.73. The van der Waals surface area contributed by atoms with Crippen molar-refractivity contribution in [1.82, 2.24) is 4.57 Å². The van der Waals surface area contributed by atoms with E-state index in [0.29, 0.717) is 22.7 Å². The topological polar surface area (TPSA) is 43.6 Å². The molecule has 0 radical (unpaired) electrons. The normalized spacial score (nSPS) is 12.0. The van der Waals surface area contributed by atoms with E-state index >= 15 is 0 Å². The zero-order valence-corrected chi connectivity index (χ0v) is 17.9. The van der Waals surface area contributed by atoms with Gasteiger partial charge in [0.25, 0.3) is 5.91 Å². The lowest BCUT2D eigenvalue weighted by atomic mass is 10.1. The molecule has 5 rings (SSSR count). The highest BCUT2D eigenvalue weighted by Crippen LogP contribution is 2.29. The number of carbonyl (C=O) groups excluding carboxylic acids is 1. The molecule has 152 valence electrons. The smallest absolute Gasteiger partial charge is 0.283 e. The Bertz CT molecular complexity index is 1540. The third-order valence-electron chi connectivity index (χ3n) is 5.38. The molecule has 4 aromatic carbocycles. The van der Waals surface area contributed by atoms with Crippen molar-refractivity contribution in [1.29, 1.82) is 0 Å². The SMILES string of the molecule is C=CCn1c(=NC(=O)c2cc3ccccc3cc2OC)sc2c3ccccc3ccc21. The highest BCUT2D eigenvalue weighted by molar-refractivity contribution is 7.17. The molecule has 1 amide bonds. The van der Waals surface area contributed by atoms with Gasteiger partial charge in [0.05, 0.1) is 22.9 Å². The quantitative estimate of drug-likeness (QED) is 0.335. The third-order valence-corrected chi connectivity index (χ3v) is 6.51. The maximum absolute atomic E-state index is 13.3. The minimum Gasteiger partial charge on any atom is -0.496 e. The lowest BCUT2D eigenvalue weighted by Crippen LogP contribution is -2.16. The van der Waals surface area contributed by atoms with Crippen molar-refractivity contribution in [2.75, 3.05) is 7.11 Å². The van der Waals surface area contributed by atoms with Gasteiger partial charge in [0.2, 0.25) is 0 Å². The molecule has 0 spiro atoms. The first-order valence-electron chi connectivity index (χ1n) is 9.97. The summed E-state index contributed by atoms with van der Waals surface area (Å²) in [5.74, 6) is 0.200. The molecule has 0 saturated heterocycles. The summed E-state index contributed by atoms with van der Waals surface area (Å²) < 4.78 is 8.65. The van der Waals surface area contributed by atoms with Crippen molar-refractivity contribution in [3.8, 4) is 5.75 Å². The molecule has 1 aromatic heterocycles. The molecule has 1 heterocycles. The van der Waals surface area contributed by atoms with Crippen LogP contribution in [0.1, 0.15) is 10.4 Å². The summed E-state index contributed by atoms with van der Waals surface area (Å²) in [5, 5.41) is 4.31. The van der Waals surface area contributed by atoms with Gasteiger partial charge in [-0.3, -0.25) is 4.79 Å². The third kappa shape index (κ3) is 3.33. The molecule has 0 aliphatic rings. The average Bonchev–Trinajstić information content (AvgIpc) is 3.15. The standard InChI is InChI=1S/C26H20N2O2S/c1-3-14-28-22-13-12-17-8-6-7-11-20(17)24(22)31-26(28)27-25(29)21-15-18-9-4-5-10-19(18)16-23(21)30-2/h3-13,15-16H,1,14H2,2H3. The number of amides is 1. The molecule has 0 unspecified atom stereocenters. The molecule has 0 saturated carbocycles. The van der Waals surface area contributed by atoms with Crippen molar-refractivity contribution in [2.24, 2.45) is 4.99 Å². The van der Waals surface area contributed by atoms with E-state index in [-0.39, 0.29) is 5.91 Å². The summed E-state index contributed by atoms with van der Waals surface area (Å²) in [6.45, 7) is 4.45. The minimum absolute atomic E-state index is 0.323. The number of hydrogen-bond acceptors (Lipinski definition) is 3. The molecule has 0 fully saturated rings. The number of methoxy groups -OCH3 is 1. The fourth-order valence-electron chi connectivity index (χ4n) is 3.89. The minimum atomic E-state index is -0.323. The summed E-state index contributed by atoms with van der Waals surface area (Å²) in [6, 6.07) is 24.1. The molecular weight excluding hydrogens is 404 g/mol. The van der Waals surface area contributed by atoms with Gasteiger partial charge in [-0.05, 0) is 34.4 Å². The van der Waals surface area contributed by atoms with Crippen LogP contribution in [0.4, 0.5) is 0 Å². The van der Waals surface area contributed by atoms with Crippen LogP contribution in [0.15, 0.2) is 90.4 Å². The van der Waals surface area contributed by atoms with Gasteiger partial charge < -0.3 is 9.30 Å². The number of hydrogen-bond donors (Lipinski definition) is 0. The van der Waals surface area contributed by atoms with Gasteiger partial charge in [-0.1, -0.05) is 72.0 Å². The summed E-state index contributed by atoms with van der Waals surface area (Å²) >= 11 is 1.52. The van der Waals surface area contributed by atoms with Crippen LogP contribution in [0, 0.1) is 0 Å². The van der Waals surface area contributed by atoms with Crippen LogP contribution in [-0.4, -0.2) is 17.6 Å². The Morgan fingerprint density at radius 1 is 1.03 bits per heavy atom. The van der Waals surface area contributed by atoms with E-state index in [1.807, 2.05) is 59.2 Å². The number of rotatable bonds is 4. The van der Waals surface area contributed by atoms with Crippen molar-refractivity contribution in [3.05, 3.63) is 95.8 Å². The maximum Gasteiger partial charge on any atom is 0.283 e.